The van der Waals surface area contributed by atoms with Gasteiger partial charge in [-0.3, -0.25) is 10.1 Å². The fraction of sp³-hybridized carbons (Fsp3) is 0. The minimum Gasteiger partial charge on any atom is -0.258 e. The maximum atomic E-state index is 11.0. The second kappa shape index (κ2) is 5.87. The van der Waals surface area contributed by atoms with Crippen LogP contribution in [0.4, 0.5) is 5.69 Å². The molecule has 0 aliphatic carbocycles. The van der Waals surface area contributed by atoms with Gasteiger partial charge in [0, 0.05) is 0 Å². The lowest BCUT2D eigenvalue weighted by atomic mass is 10.1. The van der Waals surface area contributed by atoms with Crippen molar-refractivity contribution < 1.29 is 4.92 Å². The third kappa shape index (κ3) is 3.13. The molecule has 0 spiro atoms. The van der Waals surface area contributed by atoms with Crippen molar-refractivity contribution in [3.05, 3.63) is 73.8 Å². The normalized spacial score (nSPS) is 10.8. The number of halogens is 2. The molecule has 2 aromatic rings. The van der Waals surface area contributed by atoms with Gasteiger partial charge in [-0.1, -0.05) is 59.6 Å². The molecule has 96 valence electrons. The van der Waals surface area contributed by atoms with Crippen LogP contribution in [0.15, 0.2) is 42.5 Å². The average molecular weight is 294 g/mol. The molecule has 5 heteroatoms. The summed E-state index contributed by atoms with van der Waals surface area (Å²) in [6.07, 6.45) is 3.43. The highest BCUT2D eigenvalue weighted by atomic mass is 35.5. The summed E-state index contributed by atoms with van der Waals surface area (Å²) in [4.78, 5) is 10.5. The minimum absolute atomic E-state index is 0.0399. The fourth-order valence-corrected chi connectivity index (χ4v) is 2.02. The van der Waals surface area contributed by atoms with E-state index >= 15 is 0 Å². The van der Waals surface area contributed by atoms with Crippen LogP contribution in [-0.4, -0.2) is 4.92 Å². The van der Waals surface area contributed by atoms with E-state index in [4.69, 9.17) is 23.2 Å². The van der Waals surface area contributed by atoms with Gasteiger partial charge in [0.15, 0.2) is 0 Å². The van der Waals surface area contributed by atoms with Crippen LogP contribution in [0.5, 0.6) is 0 Å². The Morgan fingerprint density at radius 1 is 1.00 bits per heavy atom. The molecule has 0 bridgehead atoms. The van der Waals surface area contributed by atoms with Gasteiger partial charge in [0.1, 0.15) is 5.02 Å². The third-order valence-corrected chi connectivity index (χ3v) is 3.33. The monoisotopic (exact) mass is 293 g/mol. The van der Waals surface area contributed by atoms with Crippen molar-refractivity contribution in [2.75, 3.05) is 0 Å². The standard InChI is InChI=1S/C14H9Cl2NO2/c15-12-9-8-11(14(13(12)16)17(18)19)7-6-10-4-2-1-3-5-10/h1-9H/b7-6+. The predicted molar refractivity (Wildman–Crippen MR) is 78.5 cm³/mol. The van der Waals surface area contributed by atoms with Gasteiger partial charge in [-0.05, 0) is 23.8 Å². The maximum Gasteiger partial charge on any atom is 0.296 e. The number of nitro groups is 1. The molecule has 19 heavy (non-hydrogen) atoms. The van der Waals surface area contributed by atoms with Crippen molar-refractivity contribution in [1.82, 2.24) is 0 Å². The largest absolute Gasteiger partial charge is 0.296 e. The van der Waals surface area contributed by atoms with Gasteiger partial charge in [-0.15, -0.1) is 0 Å². The molecule has 0 aliphatic heterocycles. The van der Waals surface area contributed by atoms with Gasteiger partial charge in [-0.25, -0.2) is 0 Å². The zero-order chi connectivity index (χ0) is 13.8. The molecule has 0 amide bonds. The number of hydrogen-bond donors (Lipinski definition) is 0. The van der Waals surface area contributed by atoms with Crippen molar-refractivity contribution in [1.29, 1.82) is 0 Å². The number of nitrogens with zero attached hydrogens (tertiary/aromatic N) is 1. The first-order chi connectivity index (χ1) is 9.09. The van der Waals surface area contributed by atoms with E-state index in [0.717, 1.165) is 5.56 Å². The Morgan fingerprint density at radius 2 is 1.68 bits per heavy atom. The molecule has 0 saturated carbocycles. The van der Waals surface area contributed by atoms with Crippen molar-refractivity contribution >= 4 is 41.0 Å². The zero-order valence-corrected chi connectivity index (χ0v) is 11.2. The van der Waals surface area contributed by atoms with E-state index in [-0.39, 0.29) is 15.7 Å². The zero-order valence-electron chi connectivity index (χ0n) is 9.72. The lowest BCUT2D eigenvalue weighted by Crippen LogP contribution is -1.93. The minimum atomic E-state index is -0.529. The van der Waals surface area contributed by atoms with E-state index < -0.39 is 4.92 Å². The molecule has 0 heterocycles. The topological polar surface area (TPSA) is 43.1 Å². The molecule has 0 aliphatic rings. The Bertz CT molecular complexity index is 639. The van der Waals surface area contributed by atoms with Gasteiger partial charge in [-0.2, -0.15) is 0 Å². The maximum absolute atomic E-state index is 11.0. The average Bonchev–Trinajstić information content (AvgIpc) is 2.41. The van der Waals surface area contributed by atoms with Gasteiger partial charge in [0.2, 0.25) is 0 Å². The van der Waals surface area contributed by atoms with Crippen LogP contribution in [0.2, 0.25) is 10.0 Å². The lowest BCUT2D eigenvalue weighted by Gasteiger charge is -2.01. The number of hydrogen-bond acceptors (Lipinski definition) is 2. The Morgan fingerprint density at radius 3 is 2.32 bits per heavy atom. The molecule has 0 unspecified atom stereocenters. The van der Waals surface area contributed by atoms with Crippen LogP contribution in [-0.2, 0) is 0 Å². The van der Waals surface area contributed by atoms with Crippen molar-refractivity contribution in [2.45, 2.75) is 0 Å². The Kier molecular flexibility index (Phi) is 4.20. The Hall–Kier alpha value is -1.84. The molecule has 0 atom stereocenters. The van der Waals surface area contributed by atoms with Crippen molar-refractivity contribution in [2.24, 2.45) is 0 Å². The number of rotatable bonds is 3. The smallest absolute Gasteiger partial charge is 0.258 e. The van der Waals surface area contributed by atoms with E-state index in [1.165, 1.54) is 0 Å². The first-order valence-electron chi connectivity index (χ1n) is 5.45. The molecular formula is C14H9Cl2NO2. The Labute approximate surface area is 120 Å². The van der Waals surface area contributed by atoms with E-state index in [9.17, 15) is 10.1 Å². The van der Waals surface area contributed by atoms with Crippen LogP contribution < -0.4 is 0 Å². The molecule has 0 saturated heterocycles. The predicted octanol–water partition coefficient (Wildman–Crippen LogP) is 5.07. The second-order valence-corrected chi connectivity index (χ2v) is 4.59. The molecule has 0 radical (unpaired) electrons. The van der Waals surface area contributed by atoms with Gasteiger partial charge in [0.05, 0.1) is 15.5 Å². The molecule has 0 fully saturated rings. The molecule has 2 rings (SSSR count). The van der Waals surface area contributed by atoms with E-state index in [2.05, 4.69) is 0 Å². The Balaban J connectivity index is 2.44. The number of benzene rings is 2. The highest BCUT2D eigenvalue weighted by Crippen LogP contribution is 2.35. The summed E-state index contributed by atoms with van der Waals surface area (Å²) in [5, 5.41) is 11.2. The molecule has 0 aromatic heterocycles. The quantitative estimate of drug-likeness (QED) is 0.450. The molecule has 2 aromatic carbocycles. The van der Waals surface area contributed by atoms with Gasteiger partial charge in [0.25, 0.3) is 5.69 Å². The van der Waals surface area contributed by atoms with Crippen molar-refractivity contribution in [3.63, 3.8) is 0 Å². The highest BCUT2D eigenvalue weighted by molar-refractivity contribution is 6.43. The molecule has 0 N–H and O–H groups in total. The summed E-state index contributed by atoms with van der Waals surface area (Å²) in [7, 11) is 0. The molecular weight excluding hydrogens is 285 g/mol. The van der Waals surface area contributed by atoms with E-state index in [0.29, 0.717) is 5.56 Å². The van der Waals surface area contributed by atoms with Crippen LogP contribution in [0, 0.1) is 10.1 Å². The first kappa shape index (κ1) is 13.6. The van der Waals surface area contributed by atoms with E-state index in [1.54, 1.807) is 24.3 Å². The summed E-state index contributed by atoms with van der Waals surface area (Å²) in [5.41, 5.74) is 1.19. The SMILES string of the molecule is O=[N+]([O-])c1c(/C=C/c2ccccc2)ccc(Cl)c1Cl. The fourth-order valence-electron chi connectivity index (χ4n) is 1.63. The summed E-state index contributed by atoms with van der Waals surface area (Å²) >= 11 is 11.7. The van der Waals surface area contributed by atoms with Crippen LogP contribution >= 0.6 is 23.2 Å². The summed E-state index contributed by atoms with van der Waals surface area (Å²) in [5.74, 6) is 0. The van der Waals surface area contributed by atoms with Gasteiger partial charge >= 0.3 is 0 Å². The van der Waals surface area contributed by atoms with Crippen molar-refractivity contribution in [3.8, 4) is 0 Å². The van der Waals surface area contributed by atoms with Crippen LogP contribution in [0.3, 0.4) is 0 Å². The summed E-state index contributed by atoms with van der Waals surface area (Å²) in [6, 6.07) is 12.6. The van der Waals surface area contributed by atoms with E-state index in [1.807, 2.05) is 30.3 Å². The molecule has 3 nitrogen and oxygen atoms in total. The summed E-state index contributed by atoms with van der Waals surface area (Å²) in [6.45, 7) is 0. The van der Waals surface area contributed by atoms with Gasteiger partial charge < -0.3 is 0 Å². The lowest BCUT2D eigenvalue weighted by molar-refractivity contribution is -0.384. The third-order valence-electron chi connectivity index (χ3n) is 2.54. The van der Waals surface area contributed by atoms with Crippen LogP contribution in [0.1, 0.15) is 11.1 Å². The summed E-state index contributed by atoms with van der Waals surface area (Å²) < 4.78 is 0. The number of nitro benzene ring substituents is 1. The highest BCUT2D eigenvalue weighted by Gasteiger charge is 2.19. The second-order valence-electron chi connectivity index (χ2n) is 3.80. The first-order valence-corrected chi connectivity index (χ1v) is 6.20. The van der Waals surface area contributed by atoms with Crippen LogP contribution in [0.25, 0.3) is 12.2 Å².